The standard InChI is InChI=1S/C15H20BrIN2OS/c16-13-2-1-11(17)7-12(13)14(19-18)10-3-5-20-15(8-10)4-6-21-9-15/h1-2,7,10,14,19H,3-6,8-9,18H2. The van der Waals surface area contributed by atoms with Gasteiger partial charge in [0.05, 0.1) is 11.6 Å². The Labute approximate surface area is 152 Å². The smallest absolute Gasteiger partial charge is 0.0783 e. The Balaban J connectivity index is 1.84. The van der Waals surface area contributed by atoms with Crippen LogP contribution in [0.3, 0.4) is 0 Å². The Morgan fingerprint density at radius 2 is 2.38 bits per heavy atom. The SMILES string of the molecule is NNC(c1cc(I)ccc1Br)C1CCOC2(CCSC2)C1. The Morgan fingerprint density at radius 1 is 1.52 bits per heavy atom. The van der Waals surface area contributed by atoms with Gasteiger partial charge in [0.1, 0.15) is 0 Å². The lowest BCUT2D eigenvalue weighted by Crippen LogP contribution is -2.45. The summed E-state index contributed by atoms with van der Waals surface area (Å²) in [6, 6.07) is 6.63. The molecule has 0 saturated carbocycles. The predicted molar refractivity (Wildman–Crippen MR) is 100 cm³/mol. The molecule has 2 aliphatic rings. The van der Waals surface area contributed by atoms with Gasteiger partial charge in [-0.15, -0.1) is 0 Å². The highest BCUT2D eigenvalue weighted by Crippen LogP contribution is 2.44. The number of hydrazine groups is 1. The van der Waals surface area contributed by atoms with Crippen LogP contribution in [0.1, 0.15) is 30.9 Å². The molecule has 3 N–H and O–H groups in total. The fraction of sp³-hybridized carbons (Fsp3) is 0.600. The van der Waals surface area contributed by atoms with Crippen LogP contribution in [0.2, 0.25) is 0 Å². The summed E-state index contributed by atoms with van der Waals surface area (Å²) in [6.07, 6.45) is 3.35. The van der Waals surface area contributed by atoms with Crippen LogP contribution in [0.5, 0.6) is 0 Å². The average Bonchev–Trinajstić information content (AvgIpc) is 2.91. The monoisotopic (exact) mass is 482 g/mol. The molecule has 0 aromatic heterocycles. The van der Waals surface area contributed by atoms with Crippen molar-refractivity contribution < 1.29 is 4.74 Å². The molecule has 21 heavy (non-hydrogen) atoms. The number of benzene rings is 1. The Hall–Kier alpha value is 0.660. The molecular formula is C15H20BrIN2OS. The van der Waals surface area contributed by atoms with Crippen molar-refractivity contribution in [3.8, 4) is 0 Å². The molecule has 2 aliphatic heterocycles. The highest BCUT2D eigenvalue weighted by atomic mass is 127. The summed E-state index contributed by atoms with van der Waals surface area (Å²) in [5.74, 6) is 8.80. The van der Waals surface area contributed by atoms with Gasteiger partial charge in [-0.05, 0) is 77.3 Å². The van der Waals surface area contributed by atoms with Crippen molar-refractivity contribution in [2.45, 2.75) is 30.9 Å². The quantitative estimate of drug-likeness (QED) is 0.390. The number of nitrogens with one attached hydrogen (secondary N) is 1. The molecule has 6 heteroatoms. The third-order valence-electron chi connectivity index (χ3n) is 4.54. The lowest BCUT2D eigenvalue weighted by Gasteiger charge is -2.41. The maximum atomic E-state index is 6.14. The molecule has 0 aliphatic carbocycles. The maximum absolute atomic E-state index is 6.14. The summed E-state index contributed by atoms with van der Waals surface area (Å²) in [7, 11) is 0. The summed E-state index contributed by atoms with van der Waals surface area (Å²) < 4.78 is 8.51. The molecule has 1 aromatic rings. The maximum Gasteiger partial charge on any atom is 0.0783 e. The predicted octanol–water partition coefficient (Wildman–Crippen LogP) is 3.86. The van der Waals surface area contributed by atoms with Crippen LogP contribution in [-0.2, 0) is 4.74 Å². The van der Waals surface area contributed by atoms with Crippen LogP contribution in [0, 0.1) is 9.49 Å². The molecule has 1 aromatic carbocycles. The zero-order valence-corrected chi connectivity index (χ0v) is 16.3. The van der Waals surface area contributed by atoms with Crippen molar-refractivity contribution in [2.75, 3.05) is 18.1 Å². The molecule has 3 nitrogen and oxygen atoms in total. The first-order chi connectivity index (χ1) is 10.1. The molecule has 2 heterocycles. The lowest BCUT2D eigenvalue weighted by molar-refractivity contribution is -0.0854. The summed E-state index contributed by atoms with van der Waals surface area (Å²) in [5.41, 5.74) is 4.42. The topological polar surface area (TPSA) is 47.3 Å². The molecule has 0 radical (unpaired) electrons. The number of ether oxygens (including phenoxy) is 1. The minimum Gasteiger partial charge on any atom is -0.374 e. The van der Waals surface area contributed by atoms with Crippen molar-refractivity contribution in [3.63, 3.8) is 0 Å². The van der Waals surface area contributed by atoms with Crippen molar-refractivity contribution in [1.29, 1.82) is 0 Å². The Kier molecular flexibility index (Phi) is 5.54. The first kappa shape index (κ1) is 16.5. The van der Waals surface area contributed by atoms with Gasteiger partial charge in [0.15, 0.2) is 0 Å². The normalized spacial score (nSPS) is 30.7. The second kappa shape index (κ2) is 7.05. The molecule has 0 bridgehead atoms. The number of hydrogen-bond acceptors (Lipinski definition) is 4. The van der Waals surface area contributed by atoms with E-state index in [0.717, 1.165) is 29.7 Å². The van der Waals surface area contributed by atoms with E-state index in [4.69, 9.17) is 10.6 Å². The molecule has 3 rings (SSSR count). The van der Waals surface area contributed by atoms with Crippen LogP contribution in [0.4, 0.5) is 0 Å². The minimum atomic E-state index is 0.0943. The number of halogens is 2. The van der Waals surface area contributed by atoms with Crippen LogP contribution in [0.15, 0.2) is 22.7 Å². The van der Waals surface area contributed by atoms with Crippen LogP contribution >= 0.6 is 50.3 Å². The van der Waals surface area contributed by atoms with Crippen molar-refractivity contribution in [3.05, 3.63) is 31.8 Å². The van der Waals surface area contributed by atoms with E-state index < -0.39 is 0 Å². The van der Waals surface area contributed by atoms with Gasteiger partial charge in [0.25, 0.3) is 0 Å². The summed E-state index contributed by atoms with van der Waals surface area (Å²) in [6.45, 7) is 0.852. The summed E-state index contributed by atoms with van der Waals surface area (Å²) in [4.78, 5) is 0. The first-order valence-corrected chi connectivity index (χ1v) is 10.3. The highest BCUT2D eigenvalue weighted by Gasteiger charge is 2.42. The fourth-order valence-corrected chi connectivity index (χ4v) is 5.83. The van der Waals surface area contributed by atoms with E-state index in [9.17, 15) is 0 Å². The van der Waals surface area contributed by atoms with E-state index >= 15 is 0 Å². The van der Waals surface area contributed by atoms with Gasteiger partial charge in [-0.2, -0.15) is 11.8 Å². The number of rotatable bonds is 3. The number of nitrogens with two attached hydrogens (primary N) is 1. The molecular weight excluding hydrogens is 463 g/mol. The number of thioether (sulfide) groups is 1. The van der Waals surface area contributed by atoms with Crippen molar-refractivity contribution >= 4 is 50.3 Å². The average molecular weight is 483 g/mol. The number of hydrogen-bond donors (Lipinski definition) is 2. The fourth-order valence-electron chi connectivity index (χ4n) is 3.45. The third-order valence-corrected chi connectivity index (χ3v) is 7.16. The molecule has 3 unspecified atom stereocenters. The molecule has 0 amide bonds. The summed E-state index contributed by atoms with van der Waals surface area (Å²) in [5, 5.41) is 0. The lowest BCUT2D eigenvalue weighted by atomic mass is 9.79. The summed E-state index contributed by atoms with van der Waals surface area (Å²) >= 11 is 8.05. The zero-order chi connectivity index (χ0) is 14.9. The first-order valence-electron chi connectivity index (χ1n) is 7.26. The Bertz CT molecular complexity index is 510. The van der Waals surface area contributed by atoms with Gasteiger partial charge in [-0.3, -0.25) is 11.3 Å². The van der Waals surface area contributed by atoms with Gasteiger partial charge in [-0.1, -0.05) is 15.9 Å². The minimum absolute atomic E-state index is 0.0943. The van der Waals surface area contributed by atoms with Gasteiger partial charge in [0.2, 0.25) is 0 Å². The van der Waals surface area contributed by atoms with Crippen molar-refractivity contribution in [2.24, 2.45) is 11.8 Å². The second-order valence-corrected chi connectivity index (χ2v) is 9.10. The van der Waals surface area contributed by atoms with E-state index in [1.54, 1.807) is 0 Å². The van der Waals surface area contributed by atoms with Crippen LogP contribution in [-0.4, -0.2) is 23.7 Å². The molecule has 2 saturated heterocycles. The highest BCUT2D eigenvalue weighted by molar-refractivity contribution is 14.1. The van der Waals surface area contributed by atoms with E-state index in [1.807, 2.05) is 11.8 Å². The van der Waals surface area contributed by atoms with Gasteiger partial charge < -0.3 is 4.74 Å². The van der Waals surface area contributed by atoms with E-state index in [2.05, 4.69) is 62.1 Å². The van der Waals surface area contributed by atoms with Crippen molar-refractivity contribution in [1.82, 2.24) is 5.43 Å². The molecule has 116 valence electrons. The van der Waals surface area contributed by atoms with Gasteiger partial charge >= 0.3 is 0 Å². The van der Waals surface area contributed by atoms with E-state index in [0.29, 0.717) is 5.92 Å². The molecule has 3 atom stereocenters. The van der Waals surface area contributed by atoms with Crippen LogP contribution in [0.25, 0.3) is 0 Å². The second-order valence-electron chi connectivity index (χ2n) is 5.90. The van der Waals surface area contributed by atoms with Gasteiger partial charge in [0, 0.05) is 20.4 Å². The molecule has 2 fully saturated rings. The molecule has 1 spiro atoms. The van der Waals surface area contributed by atoms with Crippen LogP contribution < -0.4 is 11.3 Å². The van der Waals surface area contributed by atoms with E-state index in [-0.39, 0.29) is 11.6 Å². The third kappa shape index (κ3) is 3.61. The largest absolute Gasteiger partial charge is 0.374 e. The van der Waals surface area contributed by atoms with Gasteiger partial charge in [-0.25, -0.2) is 0 Å². The zero-order valence-electron chi connectivity index (χ0n) is 11.8. The van der Waals surface area contributed by atoms with E-state index in [1.165, 1.54) is 21.3 Å². The Morgan fingerprint density at radius 3 is 3.10 bits per heavy atom.